The smallest absolute Gasteiger partial charge is 0.164 e. The summed E-state index contributed by atoms with van der Waals surface area (Å²) in [5.41, 5.74) is 0. The summed E-state index contributed by atoms with van der Waals surface area (Å²) in [5, 5.41) is 0.915. The molecule has 1 nitrogen and oxygen atoms in total. The monoisotopic (exact) mass is 254 g/mol. The summed E-state index contributed by atoms with van der Waals surface area (Å²) >= 11 is 5.03. The van der Waals surface area contributed by atoms with Crippen molar-refractivity contribution in [1.29, 1.82) is 0 Å². The minimum Gasteiger partial charge on any atom is -0.458 e. The molecular weight excluding hydrogens is 248 g/mol. The van der Waals surface area contributed by atoms with Crippen LogP contribution in [0.5, 0.6) is 0 Å². The molecule has 0 saturated heterocycles. The van der Waals surface area contributed by atoms with Crippen molar-refractivity contribution < 1.29 is 4.42 Å². The highest BCUT2D eigenvalue weighted by molar-refractivity contribution is 9.10. The van der Waals surface area contributed by atoms with E-state index in [-0.39, 0.29) is 0 Å². The average Bonchev–Trinajstić information content (AvgIpc) is 2.57. The molecule has 0 spiro atoms. The number of hydrogen-bond donors (Lipinski definition) is 0. The van der Waals surface area contributed by atoms with Crippen molar-refractivity contribution in [1.82, 2.24) is 0 Å². The van der Waals surface area contributed by atoms with Gasteiger partial charge in [-0.25, -0.2) is 0 Å². The lowest BCUT2D eigenvalue weighted by atomic mass is 10.4. The Morgan fingerprint density at radius 2 is 2.08 bits per heavy atom. The van der Waals surface area contributed by atoms with E-state index in [1.807, 2.05) is 24.3 Å². The molecule has 1 heterocycles. The van der Waals surface area contributed by atoms with Crippen LogP contribution in [0.25, 0.3) is 0 Å². The van der Waals surface area contributed by atoms with E-state index in [9.17, 15) is 0 Å². The molecule has 0 unspecified atom stereocenters. The molecule has 0 saturated carbocycles. The summed E-state index contributed by atoms with van der Waals surface area (Å²) in [6, 6.07) is 12.0. The van der Waals surface area contributed by atoms with Gasteiger partial charge in [-0.2, -0.15) is 0 Å². The minimum absolute atomic E-state index is 0.915. The highest BCUT2D eigenvalue weighted by Crippen LogP contribution is 2.29. The molecule has 0 atom stereocenters. The zero-order valence-corrected chi connectivity index (χ0v) is 9.14. The maximum Gasteiger partial charge on any atom is 0.164 e. The largest absolute Gasteiger partial charge is 0.458 e. The normalized spacial score (nSPS) is 10.2. The van der Waals surface area contributed by atoms with Crippen LogP contribution in [-0.2, 0) is 0 Å². The maximum absolute atomic E-state index is 5.22. The quantitative estimate of drug-likeness (QED) is 0.798. The predicted octanol–water partition coefficient (Wildman–Crippen LogP) is 4.19. The molecule has 0 aliphatic rings. The van der Waals surface area contributed by atoms with Crippen molar-refractivity contribution in [3.05, 3.63) is 47.1 Å². The van der Waals surface area contributed by atoms with Crippen LogP contribution in [0.3, 0.4) is 0 Å². The Hall–Kier alpha value is -0.670. The van der Waals surface area contributed by atoms with Crippen LogP contribution in [0, 0.1) is 0 Å². The zero-order chi connectivity index (χ0) is 9.10. The molecule has 0 radical (unpaired) electrons. The van der Waals surface area contributed by atoms with E-state index in [1.165, 1.54) is 4.90 Å². The third-order valence-electron chi connectivity index (χ3n) is 1.51. The van der Waals surface area contributed by atoms with Gasteiger partial charge < -0.3 is 4.42 Å². The summed E-state index contributed by atoms with van der Waals surface area (Å²) in [6.45, 7) is 0. The van der Waals surface area contributed by atoms with E-state index < -0.39 is 0 Å². The highest BCUT2D eigenvalue weighted by Gasteiger charge is 1.99. The second-order valence-electron chi connectivity index (χ2n) is 2.49. The molecular formula is C10H7BrOS. The van der Waals surface area contributed by atoms with Gasteiger partial charge >= 0.3 is 0 Å². The van der Waals surface area contributed by atoms with Crippen LogP contribution >= 0.6 is 27.7 Å². The van der Waals surface area contributed by atoms with E-state index in [4.69, 9.17) is 4.42 Å². The molecule has 0 aliphatic heterocycles. The van der Waals surface area contributed by atoms with Gasteiger partial charge in [0.1, 0.15) is 0 Å². The van der Waals surface area contributed by atoms with Gasteiger partial charge in [-0.05, 0) is 30.3 Å². The van der Waals surface area contributed by atoms with Gasteiger partial charge in [0.2, 0.25) is 0 Å². The van der Waals surface area contributed by atoms with Crippen molar-refractivity contribution in [3.63, 3.8) is 0 Å². The summed E-state index contributed by atoms with van der Waals surface area (Å²) < 4.78 is 6.31. The Morgan fingerprint density at radius 3 is 2.77 bits per heavy atom. The third kappa shape index (κ3) is 2.39. The number of halogens is 1. The Balaban J connectivity index is 2.19. The van der Waals surface area contributed by atoms with Crippen molar-refractivity contribution in [2.24, 2.45) is 0 Å². The summed E-state index contributed by atoms with van der Waals surface area (Å²) in [7, 11) is 0. The summed E-state index contributed by atoms with van der Waals surface area (Å²) in [6.07, 6.45) is 1.68. The van der Waals surface area contributed by atoms with Gasteiger partial charge in [0.25, 0.3) is 0 Å². The van der Waals surface area contributed by atoms with Gasteiger partial charge in [0.05, 0.1) is 6.26 Å². The first-order chi connectivity index (χ1) is 6.34. The van der Waals surface area contributed by atoms with Gasteiger partial charge in [-0.1, -0.05) is 33.8 Å². The van der Waals surface area contributed by atoms with E-state index in [1.54, 1.807) is 18.0 Å². The molecule has 0 aliphatic carbocycles. The van der Waals surface area contributed by atoms with Crippen LogP contribution in [0.1, 0.15) is 0 Å². The van der Waals surface area contributed by atoms with E-state index >= 15 is 0 Å². The Kier molecular flexibility index (Phi) is 2.76. The van der Waals surface area contributed by atoms with Crippen LogP contribution in [-0.4, -0.2) is 0 Å². The van der Waals surface area contributed by atoms with E-state index in [0.29, 0.717) is 0 Å². The molecule has 3 heteroatoms. The van der Waals surface area contributed by atoms with Gasteiger partial charge in [0, 0.05) is 9.37 Å². The number of furan rings is 1. The van der Waals surface area contributed by atoms with Crippen LogP contribution < -0.4 is 0 Å². The Morgan fingerprint density at radius 1 is 1.15 bits per heavy atom. The molecule has 0 amide bonds. The molecule has 0 N–H and O–H groups in total. The molecule has 0 fully saturated rings. The topological polar surface area (TPSA) is 13.1 Å². The fourth-order valence-corrected chi connectivity index (χ4v) is 2.33. The second-order valence-corrected chi connectivity index (χ2v) is 4.49. The lowest BCUT2D eigenvalue weighted by Gasteiger charge is -1.97. The lowest BCUT2D eigenvalue weighted by Crippen LogP contribution is -1.69. The van der Waals surface area contributed by atoms with Crippen molar-refractivity contribution in [2.45, 2.75) is 9.99 Å². The van der Waals surface area contributed by atoms with E-state index in [0.717, 1.165) is 9.56 Å². The first kappa shape index (κ1) is 8.91. The fraction of sp³-hybridized carbons (Fsp3) is 0. The first-order valence-corrected chi connectivity index (χ1v) is 5.42. The SMILES string of the molecule is Brc1cccc(Sc2ccco2)c1. The standard InChI is InChI=1S/C10H7BrOS/c11-8-3-1-4-9(7-8)13-10-5-2-6-12-10/h1-7H. The van der Waals surface area contributed by atoms with Gasteiger partial charge in [0.15, 0.2) is 5.09 Å². The van der Waals surface area contributed by atoms with Crippen molar-refractivity contribution in [2.75, 3.05) is 0 Å². The van der Waals surface area contributed by atoms with Crippen molar-refractivity contribution >= 4 is 27.7 Å². The molecule has 1 aromatic carbocycles. The maximum atomic E-state index is 5.22. The number of hydrogen-bond acceptors (Lipinski definition) is 2. The summed E-state index contributed by atoms with van der Waals surface area (Å²) in [4.78, 5) is 1.17. The minimum atomic E-state index is 0.915. The van der Waals surface area contributed by atoms with Gasteiger partial charge in [-0.3, -0.25) is 0 Å². The predicted molar refractivity (Wildman–Crippen MR) is 57.0 cm³/mol. The fourth-order valence-electron chi connectivity index (χ4n) is 0.968. The second kappa shape index (κ2) is 4.03. The van der Waals surface area contributed by atoms with Crippen LogP contribution in [0.15, 0.2) is 61.5 Å². The van der Waals surface area contributed by atoms with Crippen LogP contribution in [0.2, 0.25) is 0 Å². The van der Waals surface area contributed by atoms with Crippen molar-refractivity contribution in [3.8, 4) is 0 Å². The molecule has 66 valence electrons. The summed E-state index contributed by atoms with van der Waals surface area (Å²) in [5.74, 6) is 0. The molecule has 2 aromatic rings. The first-order valence-electron chi connectivity index (χ1n) is 3.81. The number of benzene rings is 1. The Labute approximate surface area is 89.3 Å². The van der Waals surface area contributed by atoms with Gasteiger partial charge in [-0.15, -0.1) is 0 Å². The van der Waals surface area contributed by atoms with Crippen LogP contribution in [0.4, 0.5) is 0 Å². The molecule has 13 heavy (non-hydrogen) atoms. The Bertz CT molecular complexity index is 384. The molecule has 0 bridgehead atoms. The third-order valence-corrected chi connectivity index (χ3v) is 2.93. The average molecular weight is 255 g/mol. The number of rotatable bonds is 2. The molecule has 1 aromatic heterocycles. The highest BCUT2D eigenvalue weighted by atomic mass is 79.9. The zero-order valence-electron chi connectivity index (χ0n) is 6.74. The molecule has 2 rings (SSSR count). The van der Waals surface area contributed by atoms with E-state index in [2.05, 4.69) is 28.1 Å². The lowest BCUT2D eigenvalue weighted by molar-refractivity contribution is 0.474.